The first kappa shape index (κ1) is 25.4. The summed E-state index contributed by atoms with van der Waals surface area (Å²) in [7, 11) is 0. The van der Waals surface area contributed by atoms with Gasteiger partial charge in [0.2, 0.25) is 0 Å². The van der Waals surface area contributed by atoms with Gasteiger partial charge in [-0.15, -0.1) is 0 Å². The average molecular weight is 485 g/mol. The van der Waals surface area contributed by atoms with Gasteiger partial charge < -0.3 is 9.84 Å². The molecule has 1 heterocycles. The molecule has 196 valence electrons. The van der Waals surface area contributed by atoms with Gasteiger partial charge in [-0.25, -0.2) is 0 Å². The van der Waals surface area contributed by atoms with Crippen LogP contribution >= 0.6 is 0 Å². The van der Waals surface area contributed by atoms with Crippen molar-refractivity contribution < 1.29 is 23.0 Å². The smallest absolute Gasteiger partial charge is 0.381 e. The standard InChI is InChI=1S/C29H47F3O2/c1-26-14-11-25-23(9-7-22-19-28(33,29(30,31)32)16-15-27(22,25)2)24(26)10-8-21(26)6-4-3-5-20-12-17-34-18-13-20/h20-25,33H,3-19H2,1-2H3/t21-,22?,23?,24?,25?,26?,27+,28+/m1/s1. The van der Waals surface area contributed by atoms with Crippen LogP contribution in [0, 0.1) is 46.3 Å². The molecule has 4 aliphatic carbocycles. The minimum absolute atomic E-state index is 0.0147. The highest BCUT2D eigenvalue weighted by Crippen LogP contribution is 2.69. The SMILES string of the molecule is CC12CCC3C(CCC4C[C@](O)(C(F)(F)F)CC[C@@]43C)C1CC[C@H]2CCCCC1CCOCC1. The Kier molecular flexibility index (Phi) is 6.88. The van der Waals surface area contributed by atoms with Crippen LogP contribution < -0.4 is 0 Å². The summed E-state index contributed by atoms with van der Waals surface area (Å²) in [5.41, 5.74) is -2.05. The van der Waals surface area contributed by atoms with Crippen molar-refractivity contribution >= 4 is 0 Å². The molecule has 0 aromatic heterocycles. The molecule has 34 heavy (non-hydrogen) atoms. The van der Waals surface area contributed by atoms with Gasteiger partial charge in [0.25, 0.3) is 0 Å². The molecule has 5 rings (SSSR count). The van der Waals surface area contributed by atoms with Crippen molar-refractivity contribution in [1.29, 1.82) is 0 Å². The van der Waals surface area contributed by atoms with Crippen molar-refractivity contribution in [3.63, 3.8) is 0 Å². The van der Waals surface area contributed by atoms with Crippen LogP contribution in [0.1, 0.15) is 110 Å². The van der Waals surface area contributed by atoms with Crippen LogP contribution in [0.3, 0.4) is 0 Å². The van der Waals surface area contributed by atoms with Crippen LogP contribution in [-0.2, 0) is 4.74 Å². The fourth-order valence-electron chi connectivity index (χ4n) is 9.94. The summed E-state index contributed by atoms with van der Waals surface area (Å²) in [6.07, 6.45) is 10.9. The highest BCUT2D eigenvalue weighted by atomic mass is 19.4. The van der Waals surface area contributed by atoms with Gasteiger partial charge in [0.1, 0.15) is 0 Å². The van der Waals surface area contributed by atoms with Gasteiger partial charge in [0.15, 0.2) is 5.60 Å². The minimum Gasteiger partial charge on any atom is -0.381 e. The lowest BCUT2D eigenvalue weighted by molar-refractivity contribution is -0.290. The highest BCUT2D eigenvalue weighted by Gasteiger charge is 2.64. The van der Waals surface area contributed by atoms with E-state index in [1.165, 1.54) is 64.2 Å². The van der Waals surface area contributed by atoms with E-state index in [1.807, 2.05) is 0 Å². The monoisotopic (exact) mass is 484 g/mol. The van der Waals surface area contributed by atoms with E-state index in [4.69, 9.17) is 4.74 Å². The minimum atomic E-state index is -4.50. The number of halogens is 3. The second-order valence-electron chi connectivity index (χ2n) is 13.5. The molecule has 2 nitrogen and oxygen atoms in total. The fraction of sp³-hybridized carbons (Fsp3) is 1.00. The number of aliphatic hydroxyl groups is 1. The summed E-state index contributed by atoms with van der Waals surface area (Å²) in [4.78, 5) is 0. The molecule has 0 radical (unpaired) electrons. The Morgan fingerprint density at radius 2 is 1.50 bits per heavy atom. The van der Waals surface area contributed by atoms with E-state index >= 15 is 0 Å². The summed E-state index contributed by atoms with van der Waals surface area (Å²) in [6, 6.07) is 0. The largest absolute Gasteiger partial charge is 0.417 e. The van der Waals surface area contributed by atoms with Crippen molar-refractivity contribution in [3.05, 3.63) is 0 Å². The second kappa shape index (κ2) is 9.23. The molecular weight excluding hydrogens is 437 g/mol. The van der Waals surface area contributed by atoms with Gasteiger partial charge in [-0.05, 0) is 123 Å². The lowest BCUT2D eigenvalue weighted by Gasteiger charge is -2.62. The quantitative estimate of drug-likeness (QED) is 0.402. The topological polar surface area (TPSA) is 29.5 Å². The second-order valence-corrected chi connectivity index (χ2v) is 13.5. The summed E-state index contributed by atoms with van der Waals surface area (Å²) in [5, 5.41) is 10.4. The van der Waals surface area contributed by atoms with Gasteiger partial charge in [-0.2, -0.15) is 13.2 Å². The number of alkyl halides is 3. The zero-order valence-corrected chi connectivity index (χ0v) is 21.5. The van der Waals surface area contributed by atoms with Crippen molar-refractivity contribution in [2.75, 3.05) is 13.2 Å². The molecular formula is C29H47F3O2. The van der Waals surface area contributed by atoms with E-state index in [-0.39, 0.29) is 24.2 Å². The van der Waals surface area contributed by atoms with Crippen molar-refractivity contribution in [2.24, 2.45) is 46.3 Å². The van der Waals surface area contributed by atoms with E-state index in [0.717, 1.165) is 43.8 Å². The number of ether oxygens (including phenoxy) is 1. The number of rotatable bonds is 5. The molecule has 0 spiro atoms. The molecule has 0 aromatic carbocycles. The van der Waals surface area contributed by atoms with Crippen molar-refractivity contribution in [2.45, 2.75) is 122 Å². The normalized spacial score (nSPS) is 47.6. The summed E-state index contributed by atoms with van der Waals surface area (Å²) >= 11 is 0. The van der Waals surface area contributed by atoms with Crippen LogP contribution in [0.15, 0.2) is 0 Å². The third kappa shape index (κ3) is 4.27. The van der Waals surface area contributed by atoms with Crippen LogP contribution in [0.2, 0.25) is 0 Å². The van der Waals surface area contributed by atoms with Crippen molar-refractivity contribution in [1.82, 2.24) is 0 Å². The van der Waals surface area contributed by atoms with Crippen LogP contribution in [-0.4, -0.2) is 30.1 Å². The van der Waals surface area contributed by atoms with E-state index in [2.05, 4.69) is 13.8 Å². The Labute approximate surface area is 204 Å². The van der Waals surface area contributed by atoms with Gasteiger partial charge in [0, 0.05) is 13.2 Å². The lowest BCUT2D eigenvalue weighted by Crippen LogP contribution is -2.59. The Balaban J connectivity index is 1.20. The maximum absolute atomic E-state index is 13.6. The molecule has 0 aromatic rings. The predicted molar refractivity (Wildman–Crippen MR) is 128 cm³/mol. The summed E-state index contributed by atoms with van der Waals surface area (Å²) in [5.74, 6) is 3.71. The maximum atomic E-state index is 13.6. The molecule has 1 aliphatic heterocycles. The van der Waals surface area contributed by atoms with Crippen molar-refractivity contribution in [3.8, 4) is 0 Å². The Hall–Kier alpha value is -0.290. The predicted octanol–water partition coefficient (Wildman–Crippen LogP) is 7.93. The molecule has 0 bridgehead atoms. The maximum Gasteiger partial charge on any atom is 0.417 e. The third-order valence-electron chi connectivity index (χ3n) is 12.2. The van der Waals surface area contributed by atoms with Crippen LogP contribution in [0.25, 0.3) is 0 Å². The highest BCUT2D eigenvalue weighted by molar-refractivity contribution is 5.11. The molecule has 0 amide bonds. The molecule has 5 fully saturated rings. The van der Waals surface area contributed by atoms with E-state index in [0.29, 0.717) is 23.7 Å². The molecule has 8 atom stereocenters. The molecule has 5 aliphatic rings. The average Bonchev–Trinajstić information content (AvgIpc) is 3.13. The molecule has 5 heteroatoms. The number of fused-ring (bicyclic) bond motifs is 5. The summed E-state index contributed by atoms with van der Waals surface area (Å²) < 4.78 is 46.3. The van der Waals surface area contributed by atoms with Gasteiger partial charge in [0.05, 0.1) is 0 Å². The van der Waals surface area contributed by atoms with E-state index in [1.54, 1.807) is 0 Å². The van der Waals surface area contributed by atoms with E-state index in [9.17, 15) is 18.3 Å². The first-order valence-electron chi connectivity index (χ1n) is 14.4. The molecule has 1 N–H and O–H groups in total. The van der Waals surface area contributed by atoms with Crippen LogP contribution in [0.4, 0.5) is 13.2 Å². The number of hydrogen-bond acceptors (Lipinski definition) is 2. The number of unbranched alkanes of at least 4 members (excludes halogenated alkanes) is 1. The Bertz CT molecular complexity index is 719. The lowest BCUT2D eigenvalue weighted by atomic mass is 9.43. The van der Waals surface area contributed by atoms with Gasteiger partial charge in [-0.1, -0.05) is 33.1 Å². The molecule has 4 saturated carbocycles. The Morgan fingerprint density at radius 3 is 2.24 bits per heavy atom. The first-order chi connectivity index (χ1) is 16.1. The third-order valence-corrected chi connectivity index (χ3v) is 12.2. The number of hydrogen-bond donors (Lipinski definition) is 1. The molecule has 5 unspecified atom stereocenters. The zero-order chi connectivity index (χ0) is 24.2. The van der Waals surface area contributed by atoms with Crippen LogP contribution in [0.5, 0.6) is 0 Å². The first-order valence-corrected chi connectivity index (χ1v) is 14.4. The van der Waals surface area contributed by atoms with Gasteiger partial charge in [-0.3, -0.25) is 0 Å². The molecule has 1 saturated heterocycles. The Morgan fingerprint density at radius 1 is 0.794 bits per heavy atom. The summed E-state index contributed by atoms with van der Waals surface area (Å²) in [6.45, 7) is 6.76. The fourth-order valence-corrected chi connectivity index (χ4v) is 9.94. The zero-order valence-electron chi connectivity index (χ0n) is 21.5. The van der Waals surface area contributed by atoms with Gasteiger partial charge >= 0.3 is 6.18 Å². The van der Waals surface area contributed by atoms with E-state index < -0.39 is 11.8 Å².